The van der Waals surface area contributed by atoms with Crippen LogP contribution in [0.2, 0.25) is 0 Å². The van der Waals surface area contributed by atoms with Crippen LogP contribution >= 0.6 is 11.3 Å². The first-order valence-corrected chi connectivity index (χ1v) is 15.6. The summed E-state index contributed by atoms with van der Waals surface area (Å²) < 4.78 is 56.7. The SMILES string of the molecule is O=CN(CC(=O)O)c1ccc2nc(N3C4CCC3CC(OCc3c(-c5ccccc5OC(F)(F)F)noc3C3CC3)C4)sc2c1. The fraction of sp³-hybridized carbons (Fsp3) is 0.419. The summed E-state index contributed by atoms with van der Waals surface area (Å²) in [6.07, 6.45) is 0.966. The number of alkyl halides is 3. The molecule has 1 amide bonds. The maximum atomic E-state index is 13.1. The number of amides is 1. The van der Waals surface area contributed by atoms with Gasteiger partial charge in [-0.15, -0.1) is 13.2 Å². The summed E-state index contributed by atoms with van der Waals surface area (Å²) in [5, 5.41) is 14.2. The van der Waals surface area contributed by atoms with Crippen LogP contribution in [0.3, 0.4) is 0 Å². The molecule has 2 saturated heterocycles. The van der Waals surface area contributed by atoms with Crippen molar-refractivity contribution in [3.63, 3.8) is 0 Å². The molecule has 2 aliphatic heterocycles. The number of thiazole rings is 1. The van der Waals surface area contributed by atoms with Crippen molar-refractivity contribution in [2.24, 2.45) is 0 Å². The highest BCUT2D eigenvalue weighted by atomic mass is 32.1. The zero-order valence-corrected chi connectivity index (χ0v) is 24.7. The van der Waals surface area contributed by atoms with E-state index in [1.807, 2.05) is 0 Å². The fourth-order valence-corrected chi connectivity index (χ4v) is 7.66. The molecular formula is C31H29F3N4O6S. The van der Waals surface area contributed by atoms with E-state index in [2.05, 4.69) is 14.8 Å². The normalized spacial score (nSPS) is 21.3. The lowest BCUT2D eigenvalue weighted by Crippen LogP contribution is -2.45. The number of piperidine rings is 1. The molecule has 0 spiro atoms. The minimum Gasteiger partial charge on any atom is -0.480 e. The highest BCUT2D eigenvalue weighted by Gasteiger charge is 2.43. The number of nitrogens with zero attached hydrogens (tertiary/aromatic N) is 4. The molecule has 2 unspecified atom stereocenters. The Bertz CT molecular complexity index is 1720. The Morgan fingerprint density at radius 1 is 1.13 bits per heavy atom. The van der Waals surface area contributed by atoms with E-state index >= 15 is 0 Å². The Hall–Kier alpha value is -4.17. The second-order valence-electron chi connectivity index (χ2n) is 11.7. The number of halogens is 3. The quantitative estimate of drug-likeness (QED) is 0.183. The molecule has 3 aliphatic rings. The van der Waals surface area contributed by atoms with E-state index in [0.29, 0.717) is 29.1 Å². The minimum atomic E-state index is -4.84. The molecule has 3 fully saturated rings. The Labute approximate surface area is 259 Å². The Kier molecular flexibility index (Phi) is 7.64. The molecule has 2 aromatic heterocycles. The lowest BCUT2D eigenvalue weighted by molar-refractivity contribution is -0.274. The second kappa shape index (κ2) is 11.6. The lowest BCUT2D eigenvalue weighted by atomic mass is 10.00. The number of carboxylic acids is 1. The van der Waals surface area contributed by atoms with Crippen LogP contribution in [0.1, 0.15) is 55.8 Å². The summed E-state index contributed by atoms with van der Waals surface area (Å²) in [5.74, 6) is -0.589. The molecule has 2 bridgehead atoms. The molecule has 236 valence electrons. The van der Waals surface area contributed by atoms with Gasteiger partial charge in [0.15, 0.2) is 5.13 Å². The number of hydrogen-bond acceptors (Lipinski definition) is 9. The van der Waals surface area contributed by atoms with E-state index in [4.69, 9.17) is 19.4 Å². The van der Waals surface area contributed by atoms with E-state index in [9.17, 15) is 22.8 Å². The van der Waals surface area contributed by atoms with E-state index in [0.717, 1.165) is 58.8 Å². The predicted octanol–water partition coefficient (Wildman–Crippen LogP) is 6.49. The highest BCUT2D eigenvalue weighted by Crippen LogP contribution is 2.47. The van der Waals surface area contributed by atoms with Gasteiger partial charge in [-0.25, -0.2) is 4.98 Å². The summed E-state index contributed by atoms with van der Waals surface area (Å²) in [6.45, 7) is -0.257. The van der Waals surface area contributed by atoms with Crippen LogP contribution in [-0.4, -0.2) is 58.7 Å². The Balaban J connectivity index is 1.07. The van der Waals surface area contributed by atoms with Gasteiger partial charge in [-0.3, -0.25) is 9.59 Å². The number of carbonyl (C=O) groups is 2. The van der Waals surface area contributed by atoms with Gasteiger partial charge in [-0.2, -0.15) is 0 Å². The van der Waals surface area contributed by atoms with Crippen molar-refractivity contribution >= 4 is 44.8 Å². The number of benzene rings is 2. The molecule has 2 aromatic carbocycles. The number of aliphatic carboxylic acids is 1. The van der Waals surface area contributed by atoms with Crippen LogP contribution in [0.4, 0.5) is 24.0 Å². The maximum Gasteiger partial charge on any atom is 0.573 e. The molecule has 4 heterocycles. The predicted molar refractivity (Wildman–Crippen MR) is 158 cm³/mol. The summed E-state index contributed by atoms with van der Waals surface area (Å²) in [4.78, 5) is 31.0. The van der Waals surface area contributed by atoms with Crippen molar-refractivity contribution in [1.82, 2.24) is 10.1 Å². The van der Waals surface area contributed by atoms with Crippen molar-refractivity contribution in [3.8, 4) is 17.0 Å². The average Bonchev–Trinajstić information content (AvgIpc) is 3.52. The second-order valence-corrected chi connectivity index (χ2v) is 12.7. The molecule has 2 atom stereocenters. The summed E-state index contributed by atoms with van der Waals surface area (Å²) in [7, 11) is 0. The van der Waals surface area contributed by atoms with Crippen LogP contribution in [0.25, 0.3) is 21.5 Å². The number of hydrogen-bond donors (Lipinski definition) is 1. The summed E-state index contributed by atoms with van der Waals surface area (Å²) >= 11 is 1.51. The highest BCUT2D eigenvalue weighted by molar-refractivity contribution is 7.22. The molecule has 1 aliphatic carbocycles. The molecule has 4 aromatic rings. The maximum absolute atomic E-state index is 13.1. The van der Waals surface area contributed by atoms with Crippen LogP contribution in [0, 0.1) is 0 Å². The molecule has 1 N–H and O–H groups in total. The van der Waals surface area contributed by atoms with E-state index < -0.39 is 18.9 Å². The molecule has 45 heavy (non-hydrogen) atoms. The number of aromatic nitrogens is 2. The first kappa shape index (κ1) is 29.5. The topological polar surface area (TPSA) is 118 Å². The van der Waals surface area contributed by atoms with Crippen molar-refractivity contribution in [1.29, 1.82) is 0 Å². The van der Waals surface area contributed by atoms with Crippen LogP contribution < -0.4 is 14.5 Å². The number of carbonyl (C=O) groups excluding carboxylic acids is 1. The molecule has 1 saturated carbocycles. The standard InChI is InChI=1S/C31H29F3N4O6S/c32-31(33,34)43-25-4-2-1-3-22(25)28-23(29(44-36-28)17-5-6-17)15-42-21-11-19-7-8-20(12-21)38(19)30-35-24-10-9-18(13-26(24)45-30)37(16-39)14-27(40)41/h1-4,9-10,13,16-17,19-21H,5-8,11-12,14-15H2,(H,40,41). The van der Waals surface area contributed by atoms with Crippen molar-refractivity contribution < 1.29 is 41.9 Å². The van der Waals surface area contributed by atoms with Gasteiger partial charge >= 0.3 is 12.3 Å². The van der Waals surface area contributed by atoms with E-state index in [1.165, 1.54) is 23.5 Å². The smallest absolute Gasteiger partial charge is 0.480 e. The van der Waals surface area contributed by atoms with Crippen LogP contribution in [0.15, 0.2) is 47.0 Å². The van der Waals surface area contributed by atoms with Crippen LogP contribution in [0.5, 0.6) is 5.75 Å². The Morgan fingerprint density at radius 2 is 1.89 bits per heavy atom. The Morgan fingerprint density at radius 3 is 2.58 bits per heavy atom. The largest absolute Gasteiger partial charge is 0.573 e. The van der Waals surface area contributed by atoms with Gasteiger partial charge in [-0.05, 0) is 68.9 Å². The van der Waals surface area contributed by atoms with Gasteiger partial charge in [0, 0.05) is 34.8 Å². The minimum absolute atomic E-state index is 0.0617. The monoisotopic (exact) mass is 642 g/mol. The summed E-state index contributed by atoms with van der Waals surface area (Å²) in [6, 6.07) is 11.6. The molecule has 10 nitrogen and oxygen atoms in total. The van der Waals surface area contributed by atoms with Gasteiger partial charge in [0.1, 0.15) is 23.7 Å². The number of fused-ring (bicyclic) bond motifs is 3. The van der Waals surface area contributed by atoms with E-state index in [-0.39, 0.29) is 42.0 Å². The number of carboxylic acid groups (broad SMARTS) is 1. The third kappa shape index (κ3) is 6.08. The molecule has 14 heteroatoms. The zero-order chi connectivity index (χ0) is 31.3. The molecule has 7 rings (SSSR count). The third-order valence-corrected chi connectivity index (χ3v) is 9.67. The zero-order valence-electron chi connectivity index (χ0n) is 23.9. The average molecular weight is 643 g/mol. The van der Waals surface area contributed by atoms with Crippen molar-refractivity contribution in [2.45, 2.75) is 75.6 Å². The van der Waals surface area contributed by atoms with Gasteiger partial charge in [-0.1, -0.05) is 28.6 Å². The van der Waals surface area contributed by atoms with Crippen LogP contribution in [-0.2, 0) is 20.9 Å². The van der Waals surface area contributed by atoms with Crippen molar-refractivity contribution in [2.75, 3.05) is 16.3 Å². The van der Waals surface area contributed by atoms with E-state index in [1.54, 1.807) is 30.3 Å². The summed E-state index contributed by atoms with van der Waals surface area (Å²) in [5.41, 5.74) is 2.45. The van der Waals surface area contributed by atoms with Gasteiger partial charge in [0.2, 0.25) is 6.41 Å². The fourth-order valence-electron chi connectivity index (χ4n) is 6.52. The molecule has 0 radical (unpaired) electrons. The number of anilines is 2. The number of ether oxygens (including phenoxy) is 2. The molecular weight excluding hydrogens is 613 g/mol. The van der Waals surface area contributed by atoms with Gasteiger partial charge in [0.05, 0.1) is 22.9 Å². The lowest BCUT2D eigenvalue weighted by Gasteiger charge is -2.38. The van der Waals surface area contributed by atoms with Gasteiger partial charge in [0.25, 0.3) is 0 Å². The first-order chi connectivity index (χ1) is 21.7. The van der Waals surface area contributed by atoms with Gasteiger partial charge < -0.3 is 28.9 Å². The number of para-hydroxylation sites is 1. The van der Waals surface area contributed by atoms with Crippen molar-refractivity contribution in [3.05, 3.63) is 53.8 Å². The number of rotatable bonds is 11. The third-order valence-electron chi connectivity index (χ3n) is 8.63. The first-order valence-electron chi connectivity index (χ1n) is 14.7.